The van der Waals surface area contributed by atoms with Gasteiger partial charge >= 0.3 is 0 Å². The predicted octanol–water partition coefficient (Wildman–Crippen LogP) is 3.58. The van der Waals surface area contributed by atoms with E-state index < -0.39 is 0 Å². The summed E-state index contributed by atoms with van der Waals surface area (Å²) in [5.41, 5.74) is 2.26. The molecule has 0 saturated heterocycles. The molecule has 0 unspecified atom stereocenters. The Bertz CT molecular complexity index is 869. The van der Waals surface area contributed by atoms with Crippen LogP contribution < -0.4 is 0 Å². The van der Waals surface area contributed by atoms with Gasteiger partial charge in [-0.1, -0.05) is 30.0 Å². The normalized spacial score (nSPS) is 14.3. The maximum Gasteiger partial charge on any atom is 0.230 e. The topological polar surface area (TPSA) is 64.7 Å². The average molecular weight is 316 g/mol. The van der Waals surface area contributed by atoms with Crippen LogP contribution >= 0.6 is 0 Å². The van der Waals surface area contributed by atoms with E-state index in [1.165, 1.54) is 12.8 Å². The lowest BCUT2D eigenvalue weighted by molar-refractivity contribution is 0.354. The largest absolute Gasteiger partial charge is 0.339 e. The van der Waals surface area contributed by atoms with E-state index in [1.807, 2.05) is 30.3 Å². The molecule has 5 nitrogen and oxygen atoms in total. The van der Waals surface area contributed by atoms with Gasteiger partial charge in [0, 0.05) is 23.9 Å². The van der Waals surface area contributed by atoms with E-state index in [1.54, 1.807) is 12.4 Å². The van der Waals surface area contributed by atoms with Gasteiger partial charge in [-0.2, -0.15) is 4.98 Å². The second kappa shape index (κ2) is 6.63. The molecule has 3 aromatic heterocycles. The van der Waals surface area contributed by atoms with Crippen molar-refractivity contribution >= 4 is 0 Å². The highest BCUT2D eigenvalue weighted by atomic mass is 16.5. The maximum absolute atomic E-state index is 5.40. The number of nitrogens with zero attached hydrogens (tertiary/aromatic N) is 4. The van der Waals surface area contributed by atoms with Crippen LogP contribution in [0, 0.1) is 11.8 Å². The van der Waals surface area contributed by atoms with Gasteiger partial charge in [0.25, 0.3) is 0 Å². The zero-order valence-corrected chi connectivity index (χ0v) is 13.1. The first kappa shape index (κ1) is 14.6. The Kier molecular flexibility index (Phi) is 4.03. The fraction of sp³-hybridized carbons (Fsp3) is 0.263. The molecule has 1 fully saturated rings. The second-order valence-corrected chi connectivity index (χ2v) is 5.83. The van der Waals surface area contributed by atoms with Gasteiger partial charge < -0.3 is 4.52 Å². The summed E-state index contributed by atoms with van der Waals surface area (Å²) in [4.78, 5) is 13.1. The van der Waals surface area contributed by atoms with Crippen molar-refractivity contribution in [2.45, 2.75) is 31.6 Å². The summed E-state index contributed by atoms with van der Waals surface area (Å²) >= 11 is 0. The highest BCUT2D eigenvalue weighted by Gasteiger charge is 2.23. The van der Waals surface area contributed by atoms with Crippen LogP contribution in [0.25, 0.3) is 11.5 Å². The van der Waals surface area contributed by atoms with Gasteiger partial charge in [-0.05, 0) is 43.0 Å². The van der Waals surface area contributed by atoms with Gasteiger partial charge in [-0.15, -0.1) is 0 Å². The molecule has 0 amide bonds. The molecule has 3 aromatic rings. The van der Waals surface area contributed by atoms with E-state index in [4.69, 9.17) is 4.52 Å². The first-order valence-electron chi connectivity index (χ1n) is 8.11. The van der Waals surface area contributed by atoms with Crippen LogP contribution in [0.3, 0.4) is 0 Å². The van der Waals surface area contributed by atoms with Crippen molar-refractivity contribution in [3.05, 3.63) is 59.9 Å². The van der Waals surface area contributed by atoms with Crippen molar-refractivity contribution in [1.29, 1.82) is 0 Å². The molecule has 0 aromatic carbocycles. The molecule has 118 valence electrons. The number of aromatic nitrogens is 4. The molecular weight excluding hydrogens is 300 g/mol. The molecule has 1 saturated carbocycles. The van der Waals surface area contributed by atoms with Crippen LogP contribution in [0.1, 0.15) is 48.7 Å². The molecule has 0 spiro atoms. The number of hydrogen-bond donors (Lipinski definition) is 0. The summed E-state index contributed by atoms with van der Waals surface area (Å²) in [6, 6.07) is 9.43. The summed E-state index contributed by atoms with van der Waals surface area (Å²) < 4.78 is 5.40. The fourth-order valence-electron chi connectivity index (χ4n) is 2.85. The van der Waals surface area contributed by atoms with Crippen molar-refractivity contribution in [3.8, 4) is 23.4 Å². The van der Waals surface area contributed by atoms with Crippen LogP contribution in [-0.4, -0.2) is 20.1 Å². The van der Waals surface area contributed by atoms with E-state index in [-0.39, 0.29) is 0 Å². The second-order valence-electron chi connectivity index (χ2n) is 5.83. The Labute approximate surface area is 140 Å². The lowest BCUT2D eigenvalue weighted by Gasteiger charge is -1.99. The van der Waals surface area contributed by atoms with Crippen LogP contribution in [0.2, 0.25) is 0 Å². The van der Waals surface area contributed by atoms with E-state index in [9.17, 15) is 0 Å². The minimum atomic E-state index is 0.412. The molecule has 0 atom stereocenters. The minimum Gasteiger partial charge on any atom is -0.339 e. The van der Waals surface area contributed by atoms with E-state index in [2.05, 4.69) is 31.9 Å². The van der Waals surface area contributed by atoms with E-state index in [0.29, 0.717) is 17.4 Å². The maximum atomic E-state index is 5.40. The predicted molar refractivity (Wildman–Crippen MR) is 89.0 cm³/mol. The summed E-state index contributed by atoms with van der Waals surface area (Å²) in [5, 5.41) is 4.06. The highest BCUT2D eigenvalue weighted by Crippen LogP contribution is 2.33. The lowest BCUT2D eigenvalue weighted by Crippen LogP contribution is -1.92. The molecule has 3 heterocycles. The fourth-order valence-corrected chi connectivity index (χ4v) is 2.85. The third-order valence-corrected chi connectivity index (χ3v) is 4.14. The van der Waals surface area contributed by atoms with Crippen molar-refractivity contribution in [2.75, 3.05) is 0 Å². The molecule has 0 radical (unpaired) electrons. The van der Waals surface area contributed by atoms with Crippen molar-refractivity contribution in [3.63, 3.8) is 0 Å². The average Bonchev–Trinajstić information content (AvgIpc) is 3.33. The number of hydrogen-bond acceptors (Lipinski definition) is 5. The Morgan fingerprint density at radius 2 is 1.92 bits per heavy atom. The zero-order chi connectivity index (χ0) is 16.2. The van der Waals surface area contributed by atoms with Gasteiger partial charge in [0.15, 0.2) is 0 Å². The Morgan fingerprint density at radius 3 is 2.67 bits per heavy atom. The number of rotatable bonds is 2. The molecular formula is C19H16N4O. The van der Waals surface area contributed by atoms with Gasteiger partial charge in [0.2, 0.25) is 11.7 Å². The summed E-state index contributed by atoms with van der Waals surface area (Å²) in [6.45, 7) is 0. The molecule has 0 N–H and O–H groups in total. The van der Waals surface area contributed by atoms with E-state index >= 15 is 0 Å². The summed E-state index contributed by atoms with van der Waals surface area (Å²) in [7, 11) is 0. The molecule has 0 bridgehead atoms. The van der Waals surface area contributed by atoms with Crippen molar-refractivity contribution in [1.82, 2.24) is 20.1 Å². The number of pyridine rings is 2. The SMILES string of the molecule is C(#Cc1ccccn1)c1ccc(-c2noc(C3CCCC3)n2)nc1. The first-order valence-corrected chi connectivity index (χ1v) is 8.11. The lowest BCUT2D eigenvalue weighted by atomic mass is 10.1. The zero-order valence-electron chi connectivity index (χ0n) is 13.1. The Hall–Kier alpha value is -3.00. The standard InChI is InChI=1S/C19H16N4O/c1-2-6-15(5-1)19-22-18(23-24-19)17-11-9-14(13-21-17)8-10-16-7-3-4-12-20-16/h3-4,7,9,11-13,15H,1-2,5-6H2. The summed E-state index contributed by atoms with van der Waals surface area (Å²) in [5.74, 6) is 7.75. The van der Waals surface area contributed by atoms with E-state index in [0.717, 1.165) is 30.0 Å². The third kappa shape index (κ3) is 3.18. The van der Waals surface area contributed by atoms with Gasteiger partial charge in [0.05, 0.1) is 0 Å². The molecule has 1 aliphatic carbocycles. The van der Waals surface area contributed by atoms with Gasteiger partial charge in [-0.25, -0.2) is 4.98 Å². The molecule has 1 aliphatic rings. The minimum absolute atomic E-state index is 0.412. The molecule has 24 heavy (non-hydrogen) atoms. The molecule has 5 heteroatoms. The molecule has 4 rings (SSSR count). The van der Waals surface area contributed by atoms with Crippen molar-refractivity contribution < 1.29 is 4.52 Å². The Morgan fingerprint density at radius 1 is 1.00 bits per heavy atom. The Balaban J connectivity index is 1.51. The smallest absolute Gasteiger partial charge is 0.230 e. The van der Waals surface area contributed by atoms with Gasteiger partial charge in [-0.3, -0.25) is 4.98 Å². The third-order valence-electron chi connectivity index (χ3n) is 4.14. The van der Waals surface area contributed by atoms with Crippen LogP contribution in [0.15, 0.2) is 47.2 Å². The highest BCUT2D eigenvalue weighted by molar-refractivity contribution is 5.50. The van der Waals surface area contributed by atoms with Gasteiger partial charge in [0.1, 0.15) is 11.4 Å². The molecule has 0 aliphatic heterocycles. The van der Waals surface area contributed by atoms with Crippen LogP contribution in [-0.2, 0) is 0 Å². The van der Waals surface area contributed by atoms with Crippen LogP contribution in [0.5, 0.6) is 0 Å². The quantitative estimate of drug-likeness (QED) is 0.676. The van der Waals surface area contributed by atoms with Crippen LogP contribution in [0.4, 0.5) is 0 Å². The summed E-state index contributed by atoms with van der Waals surface area (Å²) in [6.07, 6.45) is 8.20. The van der Waals surface area contributed by atoms with Crippen molar-refractivity contribution in [2.24, 2.45) is 0 Å². The monoisotopic (exact) mass is 316 g/mol. The first-order chi connectivity index (χ1) is 11.9.